The van der Waals surface area contributed by atoms with Gasteiger partial charge in [0.1, 0.15) is 6.10 Å². The van der Waals surface area contributed by atoms with Crippen LogP contribution in [0.4, 0.5) is 0 Å². The molecule has 0 unspecified atom stereocenters. The number of hydrogen-bond acceptors (Lipinski definition) is 5. The molecule has 5 heteroatoms. The third-order valence-corrected chi connectivity index (χ3v) is 7.93. The first kappa shape index (κ1) is 17.1. The van der Waals surface area contributed by atoms with Crippen LogP contribution in [0.5, 0.6) is 0 Å². The highest BCUT2D eigenvalue weighted by atomic mass is 16.5. The molecule has 0 bridgehead atoms. The topological polar surface area (TPSA) is 79.9 Å². The van der Waals surface area contributed by atoms with Gasteiger partial charge >= 0.3 is 5.97 Å². The summed E-state index contributed by atoms with van der Waals surface area (Å²) in [5.41, 5.74) is -0.915. The second kappa shape index (κ2) is 5.34. The molecule has 25 heavy (non-hydrogen) atoms. The molecule has 2 saturated carbocycles. The van der Waals surface area contributed by atoms with Crippen molar-refractivity contribution in [2.45, 2.75) is 70.7 Å². The van der Waals surface area contributed by atoms with Gasteiger partial charge in [0.15, 0.2) is 0 Å². The van der Waals surface area contributed by atoms with E-state index in [0.29, 0.717) is 12.8 Å². The Morgan fingerprint density at radius 1 is 1.20 bits per heavy atom. The molecule has 2 heterocycles. The van der Waals surface area contributed by atoms with E-state index in [1.54, 1.807) is 19.5 Å². The van der Waals surface area contributed by atoms with E-state index < -0.39 is 17.1 Å². The zero-order valence-corrected chi connectivity index (χ0v) is 15.2. The Bertz CT molecular complexity index is 666. The highest BCUT2D eigenvalue weighted by Gasteiger charge is 2.66. The van der Waals surface area contributed by atoms with Gasteiger partial charge < -0.3 is 19.4 Å². The first-order chi connectivity index (χ1) is 11.7. The fourth-order valence-corrected chi connectivity index (χ4v) is 6.14. The van der Waals surface area contributed by atoms with Gasteiger partial charge in [0, 0.05) is 11.0 Å². The first-order valence-electron chi connectivity index (χ1n) is 9.33. The molecule has 1 aromatic rings. The van der Waals surface area contributed by atoms with Crippen LogP contribution >= 0.6 is 0 Å². The van der Waals surface area contributed by atoms with Crippen molar-refractivity contribution in [3.63, 3.8) is 0 Å². The van der Waals surface area contributed by atoms with E-state index in [1.165, 1.54) is 0 Å². The maximum atomic E-state index is 12.8. The molecular formula is C20H28O5. The molecular weight excluding hydrogens is 320 g/mol. The van der Waals surface area contributed by atoms with E-state index in [4.69, 9.17) is 9.15 Å². The lowest BCUT2D eigenvalue weighted by atomic mass is 9.42. The van der Waals surface area contributed by atoms with Crippen LogP contribution in [0.1, 0.15) is 64.5 Å². The van der Waals surface area contributed by atoms with Crippen molar-refractivity contribution in [1.29, 1.82) is 0 Å². The van der Waals surface area contributed by atoms with Crippen molar-refractivity contribution in [2.75, 3.05) is 0 Å². The lowest BCUT2D eigenvalue weighted by molar-refractivity contribution is -0.251. The molecule has 1 aromatic heterocycles. The zero-order chi connectivity index (χ0) is 18.0. The highest BCUT2D eigenvalue weighted by molar-refractivity contribution is 5.75. The smallest absolute Gasteiger partial charge is 0.310 e. The maximum absolute atomic E-state index is 12.8. The van der Waals surface area contributed by atoms with Crippen LogP contribution < -0.4 is 0 Å². The summed E-state index contributed by atoms with van der Waals surface area (Å²) in [7, 11) is 0. The molecule has 1 saturated heterocycles. The number of carbonyl (C=O) groups excluding carboxylic acids is 1. The minimum absolute atomic E-state index is 0.132. The SMILES string of the molecule is C[C@]12C[C@@H](c3ccoc3)OC(=O)[C@H]1CC[C@@]1(C)[C@@H]2CC[C@H](O)[C@]1(C)O. The van der Waals surface area contributed by atoms with Gasteiger partial charge in [-0.2, -0.15) is 0 Å². The molecule has 3 aliphatic rings. The Morgan fingerprint density at radius 3 is 2.64 bits per heavy atom. The molecule has 0 radical (unpaired) electrons. The Morgan fingerprint density at radius 2 is 1.96 bits per heavy atom. The summed E-state index contributed by atoms with van der Waals surface area (Å²) >= 11 is 0. The van der Waals surface area contributed by atoms with Crippen LogP contribution in [0.3, 0.4) is 0 Å². The van der Waals surface area contributed by atoms with Gasteiger partial charge in [0.2, 0.25) is 0 Å². The summed E-state index contributed by atoms with van der Waals surface area (Å²) in [5.74, 6) is -0.105. The molecule has 4 rings (SSSR count). The molecule has 7 atom stereocenters. The van der Waals surface area contributed by atoms with Gasteiger partial charge in [-0.1, -0.05) is 13.8 Å². The number of furan rings is 1. The lowest BCUT2D eigenvalue weighted by Crippen LogP contribution is -2.66. The van der Waals surface area contributed by atoms with Crippen LogP contribution in [-0.4, -0.2) is 27.9 Å². The van der Waals surface area contributed by atoms with Gasteiger partial charge in [-0.25, -0.2) is 0 Å². The first-order valence-corrected chi connectivity index (χ1v) is 9.33. The molecule has 0 aromatic carbocycles. The molecule has 1 aliphatic heterocycles. The normalized spacial score (nSPS) is 49.9. The maximum Gasteiger partial charge on any atom is 0.310 e. The monoisotopic (exact) mass is 348 g/mol. The van der Waals surface area contributed by atoms with Gasteiger partial charge in [0.05, 0.1) is 30.1 Å². The minimum Gasteiger partial charge on any atom is -0.472 e. The number of hydrogen-bond donors (Lipinski definition) is 2. The number of esters is 1. The summed E-state index contributed by atoms with van der Waals surface area (Å²) in [4.78, 5) is 12.8. The van der Waals surface area contributed by atoms with Crippen molar-refractivity contribution < 1.29 is 24.2 Å². The van der Waals surface area contributed by atoms with Gasteiger partial charge in [-0.15, -0.1) is 0 Å². The standard InChI is InChI=1S/C20H28O5/c1-18-10-14(12-7-9-24-11-12)25-17(22)13(18)6-8-19(2)15(18)4-5-16(21)20(19,3)23/h7,9,11,13-16,21,23H,4-6,8,10H2,1-3H3/t13-,14+,15-,16+,18+,19+,20+/m1/s1. The van der Waals surface area contributed by atoms with E-state index in [2.05, 4.69) is 13.8 Å². The number of cyclic esters (lactones) is 1. The third-order valence-electron chi connectivity index (χ3n) is 7.93. The Hall–Kier alpha value is -1.33. The predicted octanol–water partition coefficient (Wildman–Crippen LogP) is 3.21. The van der Waals surface area contributed by atoms with Crippen molar-refractivity contribution in [3.05, 3.63) is 24.2 Å². The van der Waals surface area contributed by atoms with Crippen molar-refractivity contribution in [3.8, 4) is 0 Å². The number of aliphatic hydroxyl groups excluding tert-OH is 1. The van der Waals surface area contributed by atoms with Crippen LogP contribution in [0.25, 0.3) is 0 Å². The van der Waals surface area contributed by atoms with Gasteiger partial charge in [0.25, 0.3) is 0 Å². The summed E-state index contributed by atoms with van der Waals surface area (Å²) in [6.07, 6.45) is 5.79. The minimum atomic E-state index is -1.14. The Kier molecular flexibility index (Phi) is 3.65. The molecule has 0 spiro atoms. The quantitative estimate of drug-likeness (QED) is 0.762. The summed E-state index contributed by atoms with van der Waals surface area (Å²) in [6.45, 7) is 6.04. The number of carbonyl (C=O) groups is 1. The van der Waals surface area contributed by atoms with Crippen molar-refractivity contribution >= 4 is 5.97 Å². The van der Waals surface area contributed by atoms with Crippen molar-refractivity contribution in [2.24, 2.45) is 22.7 Å². The van der Waals surface area contributed by atoms with Crippen LogP contribution in [0, 0.1) is 22.7 Å². The molecule has 0 amide bonds. The molecule has 3 fully saturated rings. The van der Waals surface area contributed by atoms with E-state index in [0.717, 1.165) is 24.8 Å². The summed E-state index contributed by atoms with van der Waals surface area (Å²) < 4.78 is 10.9. The average Bonchev–Trinajstić information content (AvgIpc) is 3.06. The van der Waals surface area contributed by atoms with Crippen LogP contribution in [-0.2, 0) is 9.53 Å². The second-order valence-electron chi connectivity index (χ2n) is 8.99. The fraction of sp³-hybridized carbons (Fsp3) is 0.750. The highest BCUT2D eigenvalue weighted by Crippen LogP contribution is 2.66. The van der Waals surface area contributed by atoms with Crippen LogP contribution in [0.2, 0.25) is 0 Å². The van der Waals surface area contributed by atoms with E-state index in [-0.39, 0.29) is 29.3 Å². The largest absolute Gasteiger partial charge is 0.472 e. The van der Waals surface area contributed by atoms with Crippen molar-refractivity contribution in [1.82, 2.24) is 0 Å². The Labute approximate surface area is 148 Å². The average molecular weight is 348 g/mol. The van der Waals surface area contributed by atoms with E-state index in [9.17, 15) is 15.0 Å². The zero-order valence-electron chi connectivity index (χ0n) is 15.2. The third kappa shape index (κ3) is 2.18. The Balaban J connectivity index is 1.74. The summed E-state index contributed by atoms with van der Waals surface area (Å²) in [5, 5.41) is 21.6. The predicted molar refractivity (Wildman–Crippen MR) is 90.5 cm³/mol. The second-order valence-corrected chi connectivity index (χ2v) is 8.99. The molecule has 2 aliphatic carbocycles. The molecule has 2 N–H and O–H groups in total. The number of rotatable bonds is 1. The fourth-order valence-electron chi connectivity index (χ4n) is 6.14. The lowest BCUT2D eigenvalue weighted by Gasteiger charge is -2.64. The number of ether oxygens (including phenoxy) is 1. The molecule has 5 nitrogen and oxygen atoms in total. The van der Waals surface area contributed by atoms with E-state index in [1.807, 2.05) is 6.07 Å². The number of aliphatic hydroxyl groups is 2. The van der Waals surface area contributed by atoms with E-state index >= 15 is 0 Å². The number of fused-ring (bicyclic) bond motifs is 3. The summed E-state index contributed by atoms with van der Waals surface area (Å²) in [6, 6.07) is 1.85. The molecule has 138 valence electrons. The van der Waals surface area contributed by atoms with Gasteiger partial charge in [-0.3, -0.25) is 4.79 Å². The van der Waals surface area contributed by atoms with Gasteiger partial charge in [-0.05, 0) is 56.4 Å². The van der Waals surface area contributed by atoms with Crippen LogP contribution in [0.15, 0.2) is 23.0 Å².